The predicted molar refractivity (Wildman–Crippen MR) is 88.9 cm³/mol. The Kier molecular flexibility index (Phi) is 5.96. The molecule has 1 atom stereocenters. The summed E-state index contributed by atoms with van der Waals surface area (Å²) in [5, 5.41) is 0. The van der Waals surface area contributed by atoms with E-state index in [9.17, 15) is 0 Å². The Labute approximate surface area is 132 Å². The number of nitrogens with two attached hydrogens (primary N) is 1. The highest BCUT2D eigenvalue weighted by atomic mass is 32.1. The van der Waals surface area contributed by atoms with Crippen molar-refractivity contribution in [1.29, 1.82) is 0 Å². The molecule has 0 aromatic heterocycles. The van der Waals surface area contributed by atoms with E-state index in [0.29, 0.717) is 24.1 Å². The van der Waals surface area contributed by atoms with Crippen LogP contribution in [-0.4, -0.2) is 48.3 Å². The summed E-state index contributed by atoms with van der Waals surface area (Å²) in [5.41, 5.74) is 6.64. The summed E-state index contributed by atoms with van der Waals surface area (Å²) in [4.78, 5) is 2.93. The maximum absolute atomic E-state index is 5.82. The molecular weight excluding hydrogens is 284 g/mol. The average Bonchev–Trinajstić information content (AvgIpc) is 2.46. The van der Waals surface area contributed by atoms with E-state index in [1.54, 1.807) is 0 Å². The van der Waals surface area contributed by atoms with Crippen LogP contribution in [0.15, 0.2) is 24.3 Å². The van der Waals surface area contributed by atoms with Gasteiger partial charge in [-0.3, -0.25) is 4.90 Å². The second-order valence-electron chi connectivity index (χ2n) is 5.68. The SMILES string of the molecule is CC(C)N1CCOC(COc2ccc(CC(N)=S)cc2)C1. The Bertz CT molecular complexity index is 462. The molecule has 1 aliphatic rings. The highest BCUT2D eigenvalue weighted by Gasteiger charge is 2.22. The Hall–Kier alpha value is -1.17. The maximum Gasteiger partial charge on any atom is 0.119 e. The van der Waals surface area contributed by atoms with Crippen LogP contribution < -0.4 is 10.5 Å². The van der Waals surface area contributed by atoms with Crippen molar-refractivity contribution in [2.45, 2.75) is 32.4 Å². The fourth-order valence-corrected chi connectivity index (χ4v) is 2.57. The molecular formula is C16H24N2O2S. The smallest absolute Gasteiger partial charge is 0.119 e. The third-order valence-corrected chi connectivity index (χ3v) is 3.78. The molecule has 1 saturated heterocycles. The fourth-order valence-electron chi connectivity index (χ4n) is 2.41. The van der Waals surface area contributed by atoms with Crippen LogP contribution in [-0.2, 0) is 11.2 Å². The van der Waals surface area contributed by atoms with Crippen LogP contribution in [0.5, 0.6) is 5.75 Å². The Morgan fingerprint density at radius 2 is 2.14 bits per heavy atom. The van der Waals surface area contributed by atoms with E-state index in [-0.39, 0.29) is 6.10 Å². The van der Waals surface area contributed by atoms with Crippen LogP contribution >= 0.6 is 12.2 Å². The lowest BCUT2D eigenvalue weighted by molar-refractivity contribution is -0.0564. The molecule has 1 aromatic carbocycles. The summed E-state index contributed by atoms with van der Waals surface area (Å²) in [6.45, 7) is 7.71. The van der Waals surface area contributed by atoms with Crippen LogP contribution in [0.25, 0.3) is 0 Å². The highest BCUT2D eigenvalue weighted by Crippen LogP contribution is 2.15. The molecule has 116 valence electrons. The summed E-state index contributed by atoms with van der Waals surface area (Å²) >= 11 is 4.90. The molecule has 1 heterocycles. The highest BCUT2D eigenvalue weighted by molar-refractivity contribution is 7.80. The number of hydrogen-bond acceptors (Lipinski definition) is 4. The molecule has 1 fully saturated rings. The second-order valence-corrected chi connectivity index (χ2v) is 6.20. The van der Waals surface area contributed by atoms with Crippen LogP contribution in [0.2, 0.25) is 0 Å². The predicted octanol–water partition coefficient (Wildman–Crippen LogP) is 2.00. The number of ether oxygens (including phenoxy) is 2. The average molecular weight is 308 g/mol. The molecule has 0 bridgehead atoms. The normalized spacial score (nSPS) is 19.7. The van der Waals surface area contributed by atoms with Crippen molar-refractivity contribution in [1.82, 2.24) is 4.90 Å². The molecule has 2 N–H and O–H groups in total. The fraction of sp³-hybridized carbons (Fsp3) is 0.562. The first-order valence-electron chi connectivity index (χ1n) is 7.40. The van der Waals surface area contributed by atoms with Crippen LogP contribution in [0.3, 0.4) is 0 Å². The Balaban J connectivity index is 1.81. The minimum Gasteiger partial charge on any atom is -0.491 e. The van der Waals surface area contributed by atoms with Gasteiger partial charge in [0, 0.05) is 25.6 Å². The van der Waals surface area contributed by atoms with Gasteiger partial charge in [-0.15, -0.1) is 0 Å². The molecule has 2 rings (SSSR count). The van der Waals surface area contributed by atoms with E-state index in [1.165, 1.54) is 0 Å². The van der Waals surface area contributed by atoms with E-state index >= 15 is 0 Å². The minimum absolute atomic E-state index is 0.137. The quantitative estimate of drug-likeness (QED) is 0.815. The zero-order chi connectivity index (χ0) is 15.2. The monoisotopic (exact) mass is 308 g/mol. The van der Waals surface area contributed by atoms with Crippen LogP contribution in [0.1, 0.15) is 19.4 Å². The lowest BCUT2D eigenvalue weighted by Crippen LogP contribution is -2.47. The number of rotatable bonds is 6. The molecule has 0 saturated carbocycles. The maximum atomic E-state index is 5.82. The standard InChI is InChI=1S/C16H24N2O2S/c1-12(2)18-7-8-19-15(10-18)11-20-14-5-3-13(4-6-14)9-16(17)21/h3-6,12,15H,7-11H2,1-2H3,(H2,17,21). The molecule has 0 aliphatic carbocycles. The van der Waals surface area contributed by atoms with Gasteiger partial charge in [0.05, 0.1) is 11.6 Å². The first-order valence-corrected chi connectivity index (χ1v) is 7.81. The van der Waals surface area contributed by atoms with Gasteiger partial charge in [0.25, 0.3) is 0 Å². The van der Waals surface area contributed by atoms with Crippen molar-refractivity contribution < 1.29 is 9.47 Å². The zero-order valence-electron chi connectivity index (χ0n) is 12.7. The Morgan fingerprint density at radius 1 is 1.43 bits per heavy atom. The van der Waals surface area contributed by atoms with Crippen LogP contribution in [0, 0.1) is 0 Å². The van der Waals surface area contributed by atoms with Gasteiger partial charge in [0.1, 0.15) is 18.5 Å². The van der Waals surface area contributed by atoms with E-state index in [1.807, 2.05) is 24.3 Å². The van der Waals surface area contributed by atoms with E-state index in [4.69, 9.17) is 27.4 Å². The second kappa shape index (κ2) is 7.73. The van der Waals surface area contributed by atoms with Crippen molar-refractivity contribution in [3.8, 4) is 5.75 Å². The van der Waals surface area contributed by atoms with Crippen molar-refractivity contribution >= 4 is 17.2 Å². The number of benzene rings is 1. The summed E-state index contributed by atoms with van der Waals surface area (Å²) < 4.78 is 11.6. The van der Waals surface area contributed by atoms with E-state index < -0.39 is 0 Å². The number of morpholine rings is 1. The first-order chi connectivity index (χ1) is 10.0. The van der Waals surface area contributed by atoms with Gasteiger partial charge in [-0.05, 0) is 31.5 Å². The third-order valence-electron chi connectivity index (χ3n) is 3.64. The third kappa shape index (κ3) is 5.26. The molecule has 1 aliphatic heterocycles. The summed E-state index contributed by atoms with van der Waals surface area (Å²) in [6.07, 6.45) is 0.766. The molecule has 0 amide bonds. The van der Waals surface area contributed by atoms with Gasteiger partial charge in [-0.1, -0.05) is 24.4 Å². The van der Waals surface area contributed by atoms with E-state index in [2.05, 4.69) is 18.7 Å². The van der Waals surface area contributed by atoms with Crippen molar-refractivity contribution in [3.05, 3.63) is 29.8 Å². The minimum atomic E-state index is 0.137. The van der Waals surface area contributed by atoms with Gasteiger partial charge in [0.15, 0.2) is 0 Å². The molecule has 21 heavy (non-hydrogen) atoms. The first kappa shape index (κ1) is 16.2. The summed E-state index contributed by atoms with van der Waals surface area (Å²) in [7, 11) is 0. The van der Waals surface area contributed by atoms with Crippen molar-refractivity contribution in [2.24, 2.45) is 5.73 Å². The molecule has 0 radical (unpaired) electrons. The molecule has 0 spiro atoms. The van der Waals surface area contributed by atoms with Gasteiger partial charge in [0.2, 0.25) is 0 Å². The van der Waals surface area contributed by atoms with Crippen molar-refractivity contribution in [2.75, 3.05) is 26.3 Å². The number of thiocarbonyl (C=S) groups is 1. The van der Waals surface area contributed by atoms with Gasteiger partial charge >= 0.3 is 0 Å². The van der Waals surface area contributed by atoms with Crippen LogP contribution in [0.4, 0.5) is 0 Å². The number of hydrogen-bond donors (Lipinski definition) is 1. The largest absolute Gasteiger partial charge is 0.491 e. The molecule has 5 heteroatoms. The van der Waals surface area contributed by atoms with Gasteiger partial charge in [-0.25, -0.2) is 0 Å². The molecule has 4 nitrogen and oxygen atoms in total. The van der Waals surface area contributed by atoms with Gasteiger partial charge in [-0.2, -0.15) is 0 Å². The summed E-state index contributed by atoms with van der Waals surface area (Å²) in [6, 6.07) is 8.46. The van der Waals surface area contributed by atoms with Crippen molar-refractivity contribution in [3.63, 3.8) is 0 Å². The summed E-state index contributed by atoms with van der Waals surface area (Å²) in [5.74, 6) is 0.854. The molecule has 1 unspecified atom stereocenters. The lowest BCUT2D eigenvalue weighted by atomic mass is 10.1. The molecule has 1 aromatic rings. The lowest BCUT2D eigenvalue weighted by Gasteiger charge is -2.35. The van der Waals surface area contributed by atoms with Gasteiger partial charge < -0.3 is 15.2 Å². The van der Waals surface area contributed by atoms with E-state index in [0.717, 1.165) is 31.0 Å². The topological polar surface area (TPSA) is 47.7 Å². The number of nitrogens with zero attached hydrogens (tertiary/aromatic N) is 1. The Morgan fingerprint density at radius 3 is 2.76 bits per heavy atom. The zero-order valence-corrected chi connectivity index (χ0v) is 13.6.